The van der Waals surface area contributed by atoms with Gasteiger partial charge in [0.15, 0.2) is 0 Å². The number of H-pyrrole nitrogens is 1. The van der Waals surface area contributed by atoms with Gasteiger partial charge in [-0.2, -0.15) is 0 Å². The predicted octanol–water partition coefficient (Wildman–Crippen LogP) is 4.03. The molecule has 0 bridgehead atoms. The van der Waals surface area contributed by atoms with Crippen molar-refractivity contribution in [2.24, 2.45) is 0 Å². The van der Waals surface area contributed by atoms with Gasteiger partial charge in [-0.1, -0.05) is 0 Å². The number of benzene rings is 2. The molecule has 0 aliphatic heterocycles. The molecule has 1 atom stereocenters. The minimum absolute atomic E-state index is 0.130. The molecule has 1 aliphatic rings. The molecule has 0 radical (unpaired) electrons. The molecule has 0 amide bonds. The second-order valence-electron chi connectivity index (χ2n) is 7.02. The molecular formula is C21H21AsClNO2. The van der Waals surface area contributed by atoms with Crippen molar-refractivity contribution in [3.8, 4) is 5.75 Å². The maximum absolute atomic E-state index is 11.9. The molecule has 2 aromatic carbocycles. The quantitative estimate of drug-likeness (QED) is 0.639. The first-order chi connectivity index (χ1) is 12.5. The van der Waals surface area contributed by atoms with Crippen molar-refractivity contribution in [2.75, 3.05) is 0 Å². The van der Waals surface area contributed by atoms with Crippen LogP contribution < -0.4 is 10.3 Å². The van der Waals surface area contributed by atoms with Crippen LogP contribution in [0.25, 0.3) is 10.8 Å². The Hall–Kier alpha value is -1.70. The maximum atomic E-state index is 11.9. The normalized spacial score (nSPS) is 23.1. The SMILES string of the molecule is O=c1[nH]ccc2cc(OC3CCC([AsH2])(c4ccccc4)CC3)c(Cl)cc12. The van der Waals surface area contributed by atoms with Crippen LogP contribution >= 0.6 is 11.6 Å². The van der Waals surface area contributed by atoms with E-state index in [0.29, 0.717) is 16.2 Å². The molecule has 3 nitrogen and oxygen atoms in total. The van der Waals surface area contributed by atoms with Gasteiger partial charge in [-0.3, -0.25) is 0 Å². The van der Waals surface area contributed by atoms with Gasteiger partial charge in [0, 0.05) is 0 Å². The molecule has 1 aromatic heterocycles. The summed E-state index contributed by atoms with van der Waals surface area (Å²) >= 11 is 8.18. The summed E-state index contributed by atoms with van der Waals surface area (Å²) in [4.78, 5) is 14.6. The van der Waals surface area contributed by atoms with E-state index in [0.717, 1.165) is 31.1 Å². The average Bonchev–Trinajstić information content (AvgIpc) is 2.66. The van der Waals surface area contributed by atoms with Crippen LogP contribution in [0.3, 0.4) is 0 Å². The van der Waals surface area contributed by atoms with E-state index >= 15 is 0 Å². The molecule has 1 fully saturated rings. The molecule has 134 valence electrons. The van der Waals surface area contributed by atoms with E-state index in [2.05, 4.69) is 35.3 Å². The Bertz CT molecular complexity index is 978. The number of halogens is 1. The Morgan fingerprint density at radius 2 is 1.85 bits per heavy atom. The minimum atomic E-state index is -0.130. The number of ether oxygens (including phenoxy) is 1. The topological polar surface area (TPSA) is 42.1 Å². The molecule has 0 spiro atoms. The van der Waals surface area contributed by atoms with Crippen molar-refractivity contribution in [1.82, 2.24) is 4.98 Å². The van der Waals surface area contributed by atoms with E-state index in [9.17, 15) is 4.79 Å². The van der Waals surface area contributed by atoms with Crippen molar-refractivity contribution >= 4 is 39.2 Å². The van der Waals surface area contributed by atoms with Gasteiger partial charge in [-0.25, -0.2) is 0 Å². The molecular weight excluding hydrogens is 409 g/mol. The number of hydrogen-bond acceptors (Lipinski definition) is 2. The van der Waals surface area contributed by atoms with Crippen molar-refractivity contribution < 1.29 is 4.74 Å². The van der Waals surface area contributed by atoms with Crippen LogP contribution in [0.15, 0.2) is 59.5 Å². The van der Waals surface area contributed by atoms with Crippen molar-refractivity contribution in [2.45, 2.75) is 36.0 Å². The van der Waals surface area contributed by atoms with Crippen LogP contribution in [0.5, 0.6) is 5.75 Å². The zero-order valence-electron chi connectivity index (χ0n) is 14.4. The molecule has 0 saturated heterocycles. The second-order valence-corrected chi connectivity index (χ2v) is 9.74. The molecule has 1 aliphatic carbocycles. The van der Waals surface area contributed by atoms with Crippen molar-refractivity contribution in [3.63, 3.8) is 0 Å². The summed E-state index contributed by atoms with van der Waals surface area (Å²) in [7, 11) is 0. The third-order valence-electron chi connectivity index (χ3n) is 5.29. The molecule has 3 aromatic rings. The number of rotatable bonds is 3. The fraction of sp³-hybridized carbons (Fsp3) is 0.286. The van der Waals surface area contributed by atoms with Gasteiger partial charge in [-0.15, -0.1) is 0 Å². The fourth-order valence-corrected chi connectivity index (χ4v) is 5.05. The first-order valence-corrected chi connectivity index (χ1v) is 10.5. The number of fused-ring (bicyclic) bond motifs is 1. The Morgan fingerprint density at radius 1 is 1.12 bits per heavy atom. The standard InChI is InChI=1S/C21H21AsClNO2/c22-21(15-4-2-1-3-5-15)9-6-16(7-10-21)26-19-12-14-8-11-24-20(25)17(14)13-18(19)23/h1-5,8,11-13,16H,6-7,9-10,22H2,(H,24,25). The number of nitrogens with one attached hydrogen (secondary N) is 1. The van der Waals surface area contributed by atoms with Gasteiger partial charge in [-0.05, 0) is 0 Å². The van der Waals surface area contributed by atoms with E-state index in [1.54, 1.807) is 29.1 Å². The Labute approximate surface area is 166 Å². The van der Waals surface area contributed by atoms with Crippen LogP contribution in [0.1, 0.15) is 31.2 Å². The molecule has 4 rings (SSSR count). The van der Waals surface area contributed by atoms with E-state index in [4.69, 9.17) is 16.3 Å². The van der Waals surface area contributed by atoms with Crippen LogP contribution in [-0.4, -0.2) is 27.9 Å². The summed E-state index contributed by atoms with van der Waals surface area (Å²) in [6.07, 6.45) is 6.07. The third kappa shape index (κ3) is 3.43. The Kier molecular flexibility index (Phi) is 4.86. The molecule has 1 saturated carbocycles. The Morgan fingerprint density at radius 3 is 2.58 bits per heavy atom. The molecule has 1 heterocycles. The van der Waals surface area contributed by atoms with Crippen LogP contribution in [0.4, 0.5) is 0 Å². The monoisotopic (exact) mass is 429 g/mol. The van der Waals surface area contributed by atoms with Gasteiger partial charge >= 0.3 is 166 Å². The van der Waals surface area contributed by atoms with E-state index in [-0.39, 0.29) is 15.9 Å². The zero-order valence-corrected chi connectivity index (χ0v) is 17.6. The second kappa shape index (κ2) is 7.13. The van der Waals surface area contributed by atoms with Crippen molar-refractivity contribution in [1.29, 1.82) is 0 Å². The average molecular weight is 430 g/mol. The van der Waals surface area contributed by atoms with Crippen LogP contribution in [-0.2, 0) is 4.20 Å². The summed E-state index contributed by atoms with van der Waals surface area (Å²) in [5.41, 5.74) is 1.30. The summed E-state index contributed by atoms with van der Waals surface area (Å²) in [6, 6.07) is 16.2. The third-order valence-corrected chi connectivity index (χ3v) is 7.50. The van der Waals surface area contributed by atoms with E-state index in [1.807, 2.05) is 12.1 Å². The number of hydrogen-bond donors (Lipinski definition) is 1. The van der Waals surface area contributed by atoms with Gasteiger partial charge < -0.3 is 0 Å². The summed E-state index contributed by atoms with van der Waals surface area (Å²) in [5.74, 6) is 0.670. The fourth-order valence-electron chi connectivity index (χ4n) is 3.74. The van der Waals surface area contributed by atoms with Gasteiger partial charge in [0.1, 0.15) is 0 Å². The summed E-state index contributed by atoms with van der Waals surface area (Å²) in [6.45, 7) is 0. The predicted molar refractivity (Wildman–Crippen MR) is 109 cm³/mol. The molecule has 1 unspecified atom stereocenters. The first-order valence-electron chi connectivity index (χ1n) is 8.87. The Balaban J connectivity index is 1.50. The number of aromatic nitrogens is 1. The van der Waals surface area contributed by atoms with Crippen molar-refractivity contribution in [3.05, 3.63) is 75.7 Å². The summed E-state index contributed by atoms with van der Waals surface area (Å²) < 4.78 is 6.50. The molecule has 26 heavy (non-hydrogen) atoms. The number of pyridine rings is 1. The van der Waals surface area contributed by atoms with E-state index in [1.165, 1.54) is 5.56 Å². The number of aromatic amines is 1. The van der Waals surface area contributed by atoms with Gasteiger partial charge in [0.2, 0.25) is 0 Å². The first kappa shape index (κ1) is 17.7. The van der Waals surface area contributed by atoms with Gasteiger partial charge in [0.05, 0.1) is 0 Å². The van der Waals surface area contributed by atoms with Gasteiger partial charge in [0.25, 0.3) is 0 Å². The van der Waals surface area contributed by atoms with Crippen LogP contribution in [0.2, 0.25) is 5.02 Å². The summed E-state index contributed by atoms with van der Waals surface area (Å²) in [5, 5.41) is 1.93. The molecule has 1 N–H and O–H groups in total. The van der Waals surface area contributed by atoms with Crippen LogP contribution in [0, 0.1) is 0 Å². The van der Waals surface area contributed by atoms with E-state index < -0.39 is 0 Å². The zero-order chi connectivity index (χ0) is 18.1. The molecule has 5 heteroatoms.